The molecule has 0 bridgehead atoms. The predicted octanol–water partition coefficient (Wildman–Crippen LogP) is 1.01. The lowest BCUT2D eigenvalue weighted by Crippen LogP contribution is -2.23. The van der Waals surface area contributed by atoms with Crippen molar-refractivity contribution < 1.29 is 0 Å². The molecule has 0 aliphatic rings. The van der Waals surface area contributed by atoms with Crippen LogP contribution in [0.2, 0.25) is 0 Å². The van der Waals surface area contributed by atoms with Gasteiger partial charge in [-0.15, -0.1) is 0 Å². The van der Waals surface area contributed by atoms with Gasteiger partial charge in [0.1, 0.15) is 0 Å². The summed E-state index contributed by atoms with van der Waals surface area (Å²) in [7, 11) is 0. The highest BCUT2D eigenvalue weighted by Gasteiger charge is 1.95. The van der Waals surface area contributed by atoms with Gasteiger partial charge in [0.25, 0.3) is 0 Å². The predicted molar refractivity (Wildman–Crippen MR) is 35.9 cm³/mol. The van der Waals surface area contributed by atoms with Crippen molar-refractivity contribution in [3.8, 4) is 0 Å². The molecule has 0 fully saturated rings. The summed E-state index contributed by atoms with van der Waals surface area (Å²) in [6, 6.07) is 0. The molecule has 0 amide bonds. The molecular weight excluding hydrogens is 100 g/mol. The molecule has 0 spiro atoms. The van der Waals surface area contributed by atoms with E-state index >= 15 is 0 Å². The third-order valence-electron chi connectivity index (χ3n) is 1.10. The number of nitrogens with two attached hydrogens (primary N) is 1. The minimum atomic E-state index is 0.505. The van der Waals surface area contributed by atoms with Crippen LogP contribution in [0, 0.1) is 5.92 Å². The van der Waals surface area contributed by atoms with Crippen molar-refractivity contribution in [1.29, 1.82) is 0 Å². The molecule has 0 unspecified atom stereocenters. The van der Waals surface area contributed by atoms with Crippen molar-refractivity contribution in [2.75, 3.05) is 0 Å². The van der Waals surface area contributed by atoms with Crippen LogP contribution < -0.4 is 11.3 Å². The first-order valence-electron chi connectivity index (χ1n) is 2.85. The second-order valence-corrected chi connectivity index (χ2v) is 2.04. The Hall–Kier alpha value is -0.500. The molecule has 2 heteroatoms. The van der Waals surface area contributed by atoms with Gasteiger partial charge in [0.15, 0.2) is 0 Å². The molecule has 0 aliphatic heterocycles. The molecule has 0 aliphatic carbocycles. The van der Waals surface area contributed by atoms with Crippen molar-refractivity contribution in [1.82, 2.24) is 5.43 Å². The molecule has 0 saturated heterocycles. The summed E-state index contributed by atoms with van der Waals surface area (Å²) in [6.45, 7) is 6.15. The van der Waals surface area contributed by atoms with E-state index in [0.717, 1.165) is 5.70 Å². The van der Waals surface area contributed by atoms with Crippen LogP contribution in [0.1, 0.15) is 20.8 Å². The van der Waals surface area contributed by atoms with E-state index in [9.17, 15) is 0 Å². The van der Waals surface area contributed by atoms with E-state index in [0.29, 0.717) is 5.92 Å². The highest BCUT2D eigenvalue weighted by molar-refractivity contribution is 4.98. The fraction of sp³-hybridized carbons (Fsp3) is 0.667. The highest BCUT2D eigenvalue weighted by Crippen LogP contribution is 2.02. The van der Waals surface area contributed by atoms with Gasteiger partial charge >= 0.3 is 0 Å². The zero-order chi connectivity index (χ0) is 6.57. The Labute approximate surface area is 50.7 Å². The van der Waals surface area contributed by atoms with E-state index in [4.69, 9.17) is 5.84 Å². The van der Waals surface area contributed by atoms with E-state index in [2.05, 4.69) is 19.3 Å². The topological polar surface area (TPSA) is 38.0 Å². The molecule has 0 radical (unpaired) electrons. The summed E-state index contributed by atoms with van der Waals surface area (Å²) < 4.78 is 0. The van der Waals surface area contributed by atoms with Gasteiger partial charge in [0.05, 0.1) is 0 Å². The molecular formula is C6H14N2. The molecule has 0 aromatic rings. The van der Waals surface area contributed by atoms with Gasteiger partial charge in [-0.25, -0.2) is 0 Å². The fourth-order valence-corrected chi connectivity index (χ4v) is 0.583. The quantitative estimate of drug-likeness (QED) is 0.415. The van der Waals surface area contributed by atoms with Crippen LogP contribution in [0.3, 0.4) is 0 Å². The van der Waals surface area contributed by atoms with Crippen molar-refractivity contribution >= 4 is 0 Å². The summed E-state index contributed by atoms with van der Waals surface area (Å²) in [5, 5.41) is 0. The van der Waals surface area contributed by atoms with E-state index in [1.165, 1.54) is 0 Å². The van der Waals surface area contributed by atoms with E-state index < -0.39 is 0 Å². The Morgan fingerprint density at radius 1 is 1.62 bits per heavy atom. The Morgan fingerprint density at radius 2 is 2.12 bits per heavy atom. The van der Waals surface area contributed by atoms with Gasteiger partial charge in [-0.1, -0.05) is 19.9 Å². The van der Waals surface area contributed by atoms with Crippen LogP contribution in [0.5, 0.6) is 0 Å². The monoisotopic (exact) mass is 114 g/mol. The molecule has 0 rings (SSSR count). The molecule has 2 nitrogen and oxygen atoms in total. The Kier molecular flexibility index (Phi) is 3.28. The summed E-state index contributed by atoms with van der Waals surface area (Å²) in [6.07, 6.45) is 1.98. The Morgan fingerprint density at radius 3 is 2.12 bits per heavy atom. The number of nitrogens with one attached hydrogen (secondary N) is 1. The zero-order valence-corrected chi connectivity index (χ0v) is 5.73. The molecule has 0 heterocycles. The molecule has 0 atom stereocenters. The maximum absolute atomic E-state index is 5.17. The van der Waals surface area contributed by atoms with Gasteiger partial charge in [-0.2, -0.15) is 0 Å². The fourth-order valence-electron chi connectivity index (χ4n) is 0.583. The summed E-state index contributed by atoms with van der Waals surface area (Å²) in [5.74, 6) is 5.67. The second-order valence-electron chi connectivity index (χ2n) is 2.04. The summed E-state index contributed by atoms with van der Waals surface area (Å²) in [5.41, 5.74) is 3.70. The molecule has 0 aromatic heterocycles. The van der Waals surface area contributed by atoms with Crippen LogP contribution in [0.4, 0.5) is 0 Å². The molecule has 48 valence electrons. The van der Waals surface area contributed by atoms with Gasteiger partial charge < -0.3 is 5.43 Å². The average molecular weight is 114 g/mol. The number of rotatable bonds is 2. The van der Waals surface area contributed by atoms with Gasteiger partial charge in [-0.05, 0) is 12.8 Å². The van der Waals surface area contributed by atoms with Gasteiger partial charge in [-0.3, -0.25) is 5.84 Å². The molecule has 0 aromatic carbocycles. The summed E-state index contributed by atoms with van der Waals surface area (Å²) in [4.78, 5) is 0. The van der Waals surface area contributed by atoms with Crippen LogP contribution in [-0.2, 0) is 0 Å². The first-order chi connectivity index (χ1) is 3.72. The Bertz CT molecular complexity index is 84.5. The number of hydrogen-bond acceptors (Lipinski definition) is 2. The van der Waals surface area contributed by atoms with Crippen molar-refractivity contribution in [2.45, 2.75) is 20.8 Å². The highest BCUT2D eigenvalue weighted by atomic mass is 15.2. The third kappa shape index (κ3) is 1.98. The maximum atomic E-state index is 5.17. The Balaban J connectivity index is 3.72. The first kappa shape index (κ1) is 7.50. The SMILES string of the molecule is C/C=C(/NN)C(C)C. The third-order valence-corrected chi connectivity index (χ3v) is 1.10. The van der Waals surface area contributed by atoms with Crippen molar-refractivity contribution in [2.24, 2.45) is 11.8 Å². The standard InChI is InChI=1S/C6H14N2/c1-4-6(8-7)5(2)3/h4-5,8H,7H2,1-3H3/b6-4+. The van der Waals surface area contributed by atoms with Crippen LogP contribution in [-0.4, -0.2) is 0 Å². The number of allylic oxidation sites excluding steroid dienone is 2. The lowest BCUT2D eigenvalue weighted by Gasteiger charge is -2.07. The maximum Gasteiger partial charge on any atom is 0.0242 e. The van der Waals surface area contributed by atoms with Crippen molar-refractivity contribution in [3.63, 3.8) is 0 Å². The largest absolute Gasteiger partial charge is 0.328 e. The lowest BCUT2D eigenvalue weighted by atomic mass is 10.1. The minimum absolute atomic E-state index is 0.505. The zero-order valence-electron chi connectivity index (χ0n) is 5.73. The second kappa shape index (κ2) is 3.50. The lowest BCUT2D eigenvalue weighted by molar-refractivity contribution is 0.670. The number of hydrogen-bond donors (Lipinski definition) is 2. The van der Waals surface area contributed by atoms with Crippen LogP contribution in [0.25, 0.3) is 0 Å². The van der Waals surface area contributed by atoms with E-state index in [1.807, 2.05) is 13.0 Å². The summed E-state index contributed by atoms with van der Waals surface area (Å²) >= 11 is 0. The first-order valence-corrected chi connectivity index (χ1v) is 2.85. The smallest absolute Gasteiger partial charge is 0.0242 e. The van der Waals surface area contributed by atoms with Crippen LogP contribution in [0.15, 0.2) is 11.8 Å². The minimum Gasteiger partial charge on any atom is -0.328 e. The van der Waals surface area contributed by atoms with Crippen LogP contribution >= 0.6 is 0 Å². The van der Waals surface area contributed by atoms with Gasteiger partial charge in [0, 0.05) is 5.70 Å². The van der Waals surface area contributed by atoms with Gasteiger partial charge in [0.2, 0.25) is 0 Å². The average Bonchev–Trinajstić information content (AvgIpc) is 1.69. The molecule has 3 N–H and O–H groups in total. The number of hydrazine groups is 1. The van der Waals surface area contributed by atoms with E-state index in [-0.39, 0.29) is 0 Å². The van der Waals surface area contributed by atoms with E-state index in [1.54, 1.807) is 0 Å². The molecule has 8 heavy (non-hydrogen) atoms. The molecule has 0 saturated carbocycles. The van der Waals surface area contributed by atoms with Crippen molar-refractivity contribution in [3.05, 3.63) is 11.8 Å². The normalized spacial score (nSPS) is 12.4.